The summed E-state index contributed by atoms with van der Waals surface area (Å²) in [5.74, 6) is -0.346. The van der Waals surface area contributed by atoms with E-state index in [0.717, 1.165) is 36.1 Å². The van der Waals surface area contributed by atoms with E-state index in [2.05, 4.69) is 10.6 Å². The van der Waals surface area contributed by atoms with Crippen LogP contribution in [0.2, 0.25) is 0 Å². The van der Waals surface area contributed by atoms with Crippen LogP contribution in [-0.4, -0.2) is 53.0 Å². The summed E-state index contributed by atoms with van der Waals surface area (Å²) in [6.45, 7) is 0.436. The fraction of sp³-hybridized carbons (Fsp3) is 0.609. The first kappa shape index (κ1) is 19.3. The number of fused-ring (bicyclic) bond motifs is 9. The van der Waals surface area contributed by atoms with E-state index in [0.29, 0.717) is 31.4 Å². The summed E-state index contributed by atoms with van der Waals surface area (Å²) in [4.78, 5) is 39.3. The highest BCUT2D eigenvalue weighted by molar-refractivity contribution is 6.08. The normalized spacial score (nSPS) is 37.5. The van der Waals surface area contributed by atoms with Crippen molar-refractivity contribution < 1.29 is 24.2 Å². The monoisotopic (exact) mass is 425 g/mol. The molecule has 7 atom stereocenters. The van der Waals surface area contributed by atoms with Gasteiger partial charge in [0.2, 0.25) is 17.7 Å². The molecule has 3 amide bonds. The quantitative estimate of drug-likeness (QED) is 0.620. The number of aliphatic hydroxyl groups is 1. The Kier molecular flexibility index (Phi) is 4.37. The van der Waals surface area contributed by atoms with Crippen molar-refractivity contribution in [3.63, 3.8) is 0 Å². The van der Waals surface area contributed by atoms with Gasteiger partial charge in [0, 0.05) is 24.2 Å². The average Bonchev–Trinajstić information content (AvgIpc) is 3.45. The second-order valence-electron chi connectivity index (χ2n) is 9.72. The van der Waals surface area contributed by atoms with Crippen molar-refractivity contribution in [1.82, 2.24) is 10.2 Å². The van der Waals surface area contributed by atoms with E-state index in [1.165, 1.54) is 4.90 Å². The first-order valence-electron chi connectivity index (χ1n) is 11.3. The van der Waals surface area contributed by atoms with Crippen molar-refractivity contribution in [1.29, 1.82) is 0 Å². The molecule has 164 valence electrons. The smallest absolute Gasteiger partial charge is 0.240 e. The van der Waals surface area contributed by atoms with Crippen LogP contribution in [0.4, 0.5) is 5.69 Å². The molecule has 4 fully saturated rings. The standard InChI is InChI=1S/C23H27N3O5/c27-17-10-31-18-7-16(17)25-15-4-1-11(5-14(15)18)8-24-19(28)9-26-22(29)20-12-2-3-13(6-12)21(20)23(26)30/h1,4-5,12-13,16-18,20-21,25,27H,2-3,6-10H2,(H,24,28)/t12-,13+,16-,17-,18-,20-,21+/m1/s1. The van der Waals surface area contributed by atoms with E-state index in [1.807, 2.05) is 18.2 Å². The van der Waals surface area contributed by atoms with Crippen LogP contribution >= 0.6 is 0 Å². The van der Waals surface area contributed by atoms with Crippen molar-refractivity contribution in [2.75, 3.05) is 18.5 Å². The second kappa shape index (κ2) is 7.03. The van der Waals surface area contributed by atoms with Crippen molar-refractivity contribution in [3.8, 4) is 0 Å². The van der Waals surface area contributed by atoms with E-state index in [4.69, 9.17) is 4.74 Å². The molecule has 3 N–H and O–H groups in total. The number of aliphatic hydroxyl groups excluding tert-OH is 1. The third-order valence-corrected chi connectivity index (χ3v) is 8.01. The van der Waals surface area contributed by atoms with Crippen molar-refractivity contribution in [3.05, 3.63) is 29.3 Å². The zero-order valence-electron chi connectivity index (χ0n) is 17.3. The minimum Gasteiger partial charge on any atom is -0.389 e. The molecule has 0 aromatic heterocycles. The lowest BCUT2D eigenvalue weighted by Gasteiger charge is -2.40. The third-order valence-electron chi connectivity index (χ3n) is 8.01. The molecule has 4 bridgehead atoms. The molecule has 3 heterocycles. The van der Waals surface area contributed by atoms with Gasteiger partial charge in [-0.2, -0.15) is 0 Å². The van der Waals surface area contributed by atoms with Gasteiger partial charge in [0.05, 0.1) is 36.7 Å². The number of hydrogen-bond donors (Lipinski definition) is 3. The Bertz CT molecular complexity index is 937. The number of imide groups is 1. The molecule has 6 rings (SSSR count). The summed E-state index contributed by atoms with van der Waals surface area (Å²) in [5, 5.41) is 16.2. The summed E-state index contributed by atoms with van der Waals surface area (Å²) in [7, 11) is 0. The molecule has 2 saturated heterocycles. The van der Waals surface area contributed by atoms with Crippen LogP contribution in [0.5, 0.6) is 0 Å². The van der Waals surface area contributed by atoms with E-state index < -0.39 is 6.10 Å². The highest BCUT2D eigenvalue weighted by Crippen LogP contribution is 2.56. The topological polar surface area (TPSA) is 108 Å². The van der Waals surface area contributed by atoms with Gasteiger partial charge in [0.1, 0.15) is 6.54 Å². The lowest BCUT2D eigenvalue weighted by atomic mass is 9.81. The summed E-state index contributed by atoms with van der Waals surface area (Å²) < 4.78 is 5.78. The number of carbonyl (C=O) groups excluding carboxylic acids is 3. The van der Waals surface area contributed by atoms with Crippen molar-refractivity contribution in [2.24, 2.45) is 23.7 Å². The number of nitrogens with zero attached hydrogens (tertiary/aromatic N) is 1. The Morgan fingerprint density at radius 1 is 1.16 bits per heavy atom. The van der Waals surface area contributed by atoms with Crippen molar-refractivity contribution in [2.45, 2.75) is 50.5 Å². The summed E-state index contributed by atoms with van der Waals surface area (Å²) >= 11 is 0. The van der Waals surface area contributed by atoms with Gasteiger partial charge in [-0.3, -0.25) is 19.3 Å². The number of hydrogen-bond acceptors (Lipinski definition) is 6. The highest BCUT2D eigenvalue weighted by Gasteiger charge is 2.60. The van der Waals surface area contributed by atoms with Gasteiger partial charge in [-0.25, -0.2) is 0 Å². The van der Waals surface area contributed by atoms with Gasteiger partial charge >= 0.3 is 0 Å². The first-order valence-corrected chi connectivity index (χ1v) is 11.3. The van der Waals surface area contributed by atoms with Crippen LogP contribution in [0.1, 0.15) is 42.9 Å². The number of benzene rings is 1. The number of nitrogens with one attached hydrogen (secondary N) is 2. The SMILES string of the molecule is O=C(CN1C(=O)[C@@H]2[C@@H]3CC[C@@H](C3)[C@@H]2C1=O)NCc1ccc2c(c1)[C@H]1C[C@@H](N2)[C@H](O)CO1. The highest BCUT2D eigenvalue weighted by atomic mass is 16.5. The minimum atomic E-state index is -0.505. The Morgan fingerprint density at radius 2 is 1.90 bits per heavy atom. The van der Waals surface area contributed by atoms with Gasteiger partial charge in [0.25, 0.3) is 0 Å². The molecule has 31 heavy (non-hydrogen) atoms. The van der Waals surface area contributed by atoms with Gasteiger partial charge in [-0.1, -0.05) is 6.07 Å². The maximum absolute atomic E-state index is 12.8. The molecule has 1 aromatic carbocycles. The van der Waals surface area contributed by atoms with E-state index in [9.17, 15) is 19.5 Å². The fourth-order valence-corrected chi connectivity index (χ4v) is 6.50. The first-order chi connectivity index (χ1) is 15.0. The molecule has 0 spiro atoms. The lowest BCUT2D eigenvalue weighted by molar-refractivity contribution is -0.144. The summed E-state index contributed by atoms with van der Waals surface area (Å²) in [6, 6.07) is 5.88. The van der Waals surface area contributed by atoms with Gasteiger partial charge < -0.3 is 20.5 Å². The number of amides is 3. The Hall–Kier alpha value is -2.45. The average molecular weight is 425 g/mol. The molecule has 1 aromatic rings. The van der Waals surface area contributed by atoms with E-state index in [-0.39, 0.29) is 48.2 Å². The van der Waals surface area contributed by atoms with Crippen LogP contribution < -0.4 is 10.6 Å². The molecule has 0 unspecified atom stereocenters. The zero-order chi connectivity index (χ0) is 21.3. The number of anilines is 1. The van der Waals surface area contributed by atoms with Crippen LogP contribution in [0.3, 0.4) is 0 Å². The fourth-order valence-electron chi connectivity index (χ4n) is 6.50. The minimum absolute atomic E-state index is 0.00191. The molecule has 2 saturated carbocycles. The molecule has 0 radical (unpaired) electrons. The maximum atomic E-state index is 12.8. The number of rotatable bonds is 4. The Labute approximate surface area is 180 Å². The maximum Gasteiger partial charge on any atom is 0.240 e. The summed E-state index contributed by atoms with van der Waals surface area (Å²) in [6.07, 6.45) is 3.20. The second-order valence-corrected chi connectivity index (χ2v) is 9.72. The number of ether oxygens (including phenoxy) is 1. The zero-order valence-corrected chi connectivity index (χ0v) is 17.3. The van der Waals surface area contributed by atoms with Crippen LogP contribution in [-0.2, 0) is 25.7 Å². The molecule has 8 nitrogen and oxygen atoms in total. The van der Waals surface area contributed by atoms with E-state index in [1.54, 1.807) is 0 Å². The van der Waals surface area contributed by atoms with Crippen LogP contribution in [0.15, 0.2) is 18.2 Å². The molecular weight excluding hydrogens is 398 g/mol. The molecule has 5 aliphatic rings. The van der Waals surface area contributed by atoms with Gasteiger partial charge in [-0.05, 0) is 48.8 Å². The Morgan fingerprint density at radius 3 is 2.65 bits per heavy atom. The molecular formula is C23H27N3O5. The van der Waals surface area contributed by atoms with Crippen LogP contribution in [0.25, 0.3) is 0 Å². The predicted molar refractivity (Wildman–Crippen MR) is 110 cm³/mol. The molecule has 8 heteroatoms. The van der Waals surface area contributed by atoms with Gasteiger partial charge in [-0.15, -0.1) is 0 Å². The van der Waals surface area contributed by atoms with E-state index >= 15 is 0 Å². The lowest BCUT2D eigenvalue weighted by Crippen LogP contribution is -2.46. The third kappa shape index (κ3) is 2.99. The van der Waals surface area contributed by atoms with Crippen LogP contribution in [0, 0.1) is 23.7 Å². The predicted octanol–water partition coefficient (Wildman–Crippen LogP) is 0.950. The Balaban J connectivity index is 1.09. The number of likely N-dealkylation sites (tertiary alicyclic amines) is 1. The van der Waals surface area contributed by atoms with Gasteiger partial charge in [0.15, 0.2) is 0 Å². The number of carbonyl (C=O) groups is 3. The largest absolute Gasteiger partial charge is 0.389 e. The molecule has 3 aliphatic heterocycles. The summed E-state index contributed by atoms with van der Waals surface area (Å²) in [5.41, 5.74) is 2.91. The van der Waals surface area contributed by atoms with Crippen molar-refractivity contribution >= 4 is 23.4 Å². The molecule has 2 aliphatic carbocycles.